The van der Waals surface area contributed by atoms with Gasteiger partial charge in [0.1, 0.15) is 25.1 Å². The minimum absolute atomic E-state index is 0.0322. The molecule has 0 N–H and O–H groups in total. The lowest BCUT2D eigenvalue weighted by Crippen LogP contribution is -2.57. The van der Waals surface area contributed by atoms with E-state index in [1.165, 1.54) is 4.90 Å². The highest BCUT2D eigenvalue weighted by atomic mass is 35.5. The number of anilines is 2. The monoisotopic (exact) mass is 649 g/mol. The van der Waals surface area contributed by atoms with Crippen LogP contribution in [-0.2, 0) is 17.8 Å². The fourth-order valence-electron chi connectivity index (χ4n) is 6.91. The molecule has 0 spiro atoms. The van der Waals surface area contributed by atoms with Gasteiger partial charge < -0.3 is 24.3 Å². The minimum Gasteiger partial charge on any atom is -0.462 e. The van der Waals surface area contributed by atoms with Crippen molar-refractivity contribution in [1.29, 1.82) is 0 Å². The number of fused-ring (bicyclic) bond motifs is 2. The number of amides is 1. The Hall–Kier alpha value is -4.01. The number of carbonyl (C=O) groups excluding carboxylic acids is 1. The molecule has 3 aromatic rings. The first-order valence-corrected chi connectivity index (χ1v) is 16.1. The topological polar surface area (TPSA) is 69.4 Å². The summed E-state index contributed by atoms with van der Waals surface area (Å²) >= 11 is 6.68. The summed E-state index contributed by atoms with van der Waals surface area (Å²) in [6.07, 6.45) is 3.35. The lowest BCUT2D eigenvalue weighted by Gasteiger charge is -2.46. The van der Waals surface area contributed by atoms with Gasteiger partial charge in [0.15, 0.2) is 5.83 Å². The highest BCUT2D eigenvalue weighted by Gasteiger charge is 2.41. The van der Waals surface area contributed by atoms with E-state index in [0.29, 0.717) is 56.6 Å². The molecule has 46 heavy (non-hydrogen) atoms. The van der Waals surface area contributed by atoms with Crippen molar-refractivity contribution < 1.29 is 18.3 Å². The summed E-state index contributed by atoms with van der Waals surface area (Å²) in [6.45, 7) is 13.3. The normalized spacial score (nSPS) is 19.0. The van der Waals surface area contributed by atoms with Gasteiger partial charge in [-0.05, 0) is 50.2 Å². The van der Waals surface area contributed by atoms with Crippen molar-refractivity contribution in [2.24, 2.45) is 0 Å². The van der Waals surface area contributed by atoms with Gasteiger partial charge in [-0.3, -0.25) is 9.69 Å². The molecule has 0 bridgehead atoms. The summed E-state index contributed by atoms with van der Waals surface area (Å²) in [5.74, 6) is -1.12. The van der Waals surface area contributed by atoms with Crippen LogP contribution in [0.15, 0.2) is 48.8 Å². The van der Waals surface area contributed by atoms with Crippen molar-refractivity contribution in [2.45, 2.75) is 43.8 Å². The molecule has 3 aliphatic rings. The fourth-order valence-corrected chi connectivity index (χ4v) is 7.18. The maximum atomic E-state index is 13.9. The molecule has 1 aliphatic carbocycles. The first-order chi connectivity index (χ1) is 22.2. The van der Waals surface area contributed by atoms with E-state index in [4.69, 9.17) is 32.9 Å². The van der Waals surface area contributed by atoms with Crippen molar-refractivity contribution in [3.8, 4) is 6.01 Å². The van der Waals surface area contributed by atoms with E-state index in [1.807, 2.05) is 42.3 Å². The zero-order valence-corrected chi connectivity index (χ0v) is 26.8. The fraction of sp³-hybridized carbons (Fsp3) is 0.471. The number of rotatable bonds is 10. The number of hydrogen-bond acceptors (Lipinski definition) is 7. The van der Waals surface area contributed by atoms with Crippen LogP contribution in [0.3, 0.4) is 0 Å². The predicted molar refractivity (Wildman–Crippen MR) is 176 cm³/mol. The first-order valence-electron chi connectivity index (χ1n) is 15.7. The van der Waals surface area contributed by atoms with Crippen molar-refractivity contribution in [3.05, 3.63) is 76.5 Å². The number of piperazine rings is 1. The molecule has 0 unspecified atom stereocenters. The van der Waals surface area contributed by atoms with Gasteiger partial charge in [-0.1, -0.05) is 42.4 Å². The number of hydrogen-bond donors (Lipinski definition) is 0. The Morgan fingerprint density at radius 2 is 1.98 bits per heavy atom. The van der Waals surface area contributed by atoms with E-state index >= 15 is 0 Å². The Labute approximate surface area is 273 Å². The van der Waals surface area contributed by atoms with E-state index in [9.17, 15) is 13.6 Å². The number of nitrogens with zero attached hydrogens (tertiary/aromatic N) is 7. The zero-order chi connectivity index (χ0) is 32.4. The van der Waals surface area contributed by atoms with Gasteiger partial charge in [0.05, 0.1) is 17.3 Å². The van der Waals surface area contributed by atoms with Crippen molar-refractivity contribution in [1.82, 2.24) is 19.8 Å². The molecule has 1 amide bonds. The molecule has 1 atom stereocenters. The van der Waals surface area contributed by atoms with Gasteiger partial charge in [0.25, 0.3) is 5.91 Å². The summed E-state index contributed by atoms with van der Waals surface area (Å²) in [7, 11) is 1.93. The number of ether oxygens (including phenoxy) is 1. The molecule has 6 rings (SSSR count). The largest absolute Gasteiger partial charge is 0.462 e. The third kappa shape index (κ3) is 6.08. The molecule has 1 aromatic heterocycles. The lowest BCUT2D eigenvalue weighted by atomic mass is 9.76. The van der Waals surface area contributed by atoms with Crippen LogP contribution in [0.25, 0.3) is 15.6 Å². The van der Waals surface area contributed by atoms with Crippen molar-refractivity contribution in [2.75, 3.05) is 69.4 Å². The zero-order valence-electron chi connectivity index (χ0n) is 26.0. The summed E-state index contributed by atoms with van der Waals surface area (Å²) in [4.78, 5) is 33.6. The van der Waals surface area contributed by atoms with Gasteiger partial charge in [-0.2, -0.15) is 9.97 Å². The second-order valence-corrected chi connectivity index (χ2v) is 12.8. The lowest BCUT2D eigenvalue weighted by molar-refractivity contribution is -0.131. The molecule has 3 heterocycles. The molecule has 9 nitrogen and oxygen atoms in total. The maximum Gasteiger partial charge on any atom is 0.318 e. The summed E-state index contributed by atoms with van der Waals surface area (Å²) in [6, 6.07) is 11.7. The van der Waals surface area contributed by atoms with Gasteiger partial charge in [0.2, 0.25) is 6.54 Å². The van der Waals surface area contributed by atoms with Crippen LogP contribution in [-0.4, -0.2) is 96.9 Å². The van der Waals surface area contributed by atoms with Crippen LogP contribution in [0.2, 0.25) is 5.02 Å². The Morgan fingerprint density at radius 1 is 1.20 bits per heavy atom. The minimum atomic E-state index is -1.03. The molecular weight excluding hydrogens is 612 g/mol. The van der Waals surface area contributed by atoms with Gasteiger partial charge in [-0.25, -0.2) is 15.4 Å². The molecule has 0 radical (unpaired) electrons. The van der Waals surface area contributed by atoms with E-state index in [0.717, 1.165) is 47.0 Å². The van der Waals surface area contributed by atoms with E-state index in [-0.39, 0.29) is 25.8 Å². The average Bonchev–Trinajstić information content (AvgIpc) is 3.03. The van der Waals surface area contributed by atoms with E-state index < -0.39 is 23.3 Å². The predicted octanol–water partition coefficient (Wildman–Crippen LogP) is 5.47. The second-order valence-electron chi connectivity index (χ2n) is 12.4. The van der Waals surface area contributed by atoms with Gasteiger partial charge >= 0.3 is 6.01 Å². The first kappa shape index (κ1) is 32.0. The summed E-state index contributed by atoms with van der Waals surface area (Å²) < 4.78 is 33.8. The maximum absolute atomic E-state index is 13.9. The van der Waals surface area contributed by atoms with Gasteiger partial charge in [-0.15, -0.1) is 0 Å². The number of benzene rings is 2. The van der Waals surface area contributed by atoms with Crippen molar-refractivity contribution >= 4 is 39.8 Å². The molecule has 2 aliphatic heterocycles. The smallest absolute Gasteiger partial charge is 0.318 e. The van der Waals surface area contributed by atoms with Crippen LogP contribution >= 0.6 is 11.6 Å². The number of likely N-dealkylation sites (N-methyl/N-ethyl adjacent to an activating group) is 1. The Kier molecular flexibility index (Phi) is 9.29. The van der Waals surface area contributed by atoms with Crippen LogP contribution in [0.4, 0.5) is 20.3 Å². The number of halogens is 3. The average molecular weight is 650 g/mol. The quantitative estimate of drug-likeness (QED) is 0.213. The van der Waals surface area contributed by atoms with Gasteiger partial charge in [0, 0.05) is 54.9 Å². The van der Waals surface area contributed by atoms with Crippen LogP contribution in [0.1, 0.15) is 30.5 Å². The van der Waals surface area contributed by atoms with Crippen LogP contribution in [0.5, 0.6) is 6.01 Å². The Morgan fingerprint density at radius 3 is 2.67 bits per heavy atom. The SMILES string of the molecule is [C-]#[N+]C[C@H]1CN(c2nc(OCCN(C)C3(CF)CCC3)nc3c2CCN(c2cccc4cccc(Cl)c24)C3)CCN1C(=O)C(=C)F. The van der Waals surface area contributed by atoms with E-state index in [2.05, 4.69) is 27.3 Å². The molecule has 242 valence electrons. The molecule has 1 saturated heterocycles. The summed E-state index contributed by atoms with van der Waals surface area (Å²) in [5.41, 5.74) is 2.41. The molecule has 1 saturated carbocycles. The van der Waals surface area contributed by atoms with E-state index in [1.54, 1.807) is 0 Å². The number of carbonyl (C=O) groups is 1. The Bertz CT molecular complexity index is 1670. The highest BCUT2D eigenvalue weighted by molar-refractivity contribution is 6.36. The van der Waals surface area contributed by atoms with Crippen LogP contribution in [0, 0.1) is 6.57 Å². The summed E-state index contributed by atoms with van der Waals surface area (Å²) in [5, 5.41) is 2.72. The molecular formula is C34H38ClF2N7O2. The third-order valence-electron chi connectivity index (χ3n) is 9.77. The standard InChI is InChI=1S/C34H38ClF2N7O2/c1-23(37)32(45)44-16-15-43(20-25(44)19-38-2)31-26-11-14-42(29-10-5-8-24-7-4-9-27(35)30(24)29)21-28(26)39-33(40-31)46-18-17-41(3)34(22-36)12-6-13-34/h4-5,7-10,25H,1,6,11-22H2,3H3/t25-/m0/s1. The second kappa shape index (κ2) is 13.4. The molecule has 2 aromatic carbocycles. The molecule has 12 heteroatoms. The third-order valence-corrected chi connectivity index (χ3v) is 10.1. The van der Waals surface area contributed by atoms with Crippen molar-refractivity contribution in [3.63, 3.8) is 0 Å². The van der Waals surface area contributed by atoms with Crippen LogP contribution < -0.4 is 14.5 Å². The Balaban J connectivity index is 1.30. The number of alkyl halides is 1. The highest BCUT2D eigenvalue weighted by Crippen LogP contribution is 2.38. The number of aromatic nitrogens is 2. The molecule has 2 fully saturated rings.